The van der Waals surface area contributed by atoms with Crippen LogP contribution >= 0.6 is 15.9 Å². The van der Waals surface area contributed by atoms with Gasteiger partial charge in [-0.25, -0.2) is 0 Å². The summed E-state index contributed by atoms with van der Waals surface area (Å²) < 4.78 is 0.937. The molecule has 0 atom stereocenters. The van der Waals surface area contributed by atoms with Crippen LogP contribution in [0.1, 0.15) is 50.5 Å². The normalized spacial score (nSPS) is 17.0. The molecule has 5 heteroatoms. The molecule has 1 aromatic carbocycles. The number of carboxylic acid groups (broad SMARTS) is 1. The van der Waals surface area contributed by atoms with E-state index in [2.05, 4.69) is 21.2 Å². The zero-order valence-corrected chi connectivity index (χ0v) is 14.4. The molecule has 0 aromatic heterocycles. The lowest BCUT2D eigenvalue weighted by Gasteiger charge is -2.37. The number of carboxylic acids is 1. The van der Waals surface area contributed by atoms with Crippen LogP contribution in [0.25, 0.3) is 0 Å². The molecule has 120 valence electrons. The Morgan fingerprint density at radius 1 is 1.23 bits per heavy atom. The van der Waals surface area contributed by atoms with Crippen molar-refractivity contribution in [2.24, 2.45) is 5.41 Å². The van der Waals surface area contributed by atoms with E-state index in [1.165, 1.54) is 0 Å². The van der Waals surface area contributed by atoms with Gasteiger partial charge in [-0.1, -0.05) is 41.3 Å². The molecule has 1 amide bonds. The van der Waals surface area contributed by atoms with E-state index in [-0.39, 0.29) is 18.7 Å². The van der Waals surface area contributed by atoms with Gasteiger partial charge < -0.3 is 15.2 Å². The number of hydrogen-bond acceptors (Lipinski definition) is 3. The standard InChI is InChI=1S/C17H22BrNO3/c1-12-5-6-13(9-14(12)18)19-15(20)10-17(11-16(21)22)7-3-2-4-8-17/h5-6,9H,2-4,7-8,10-11H2,1H3,(H,19,20)(H,21,22)/p-1. The Morgan fingerprint density at radius 2 is 1.91 bits per heavy atom. The molecule has 0 aliphatic heterocycles. The van der Waals surface area contributed by atoms with E-state index < -0.39 is 11.4 Å². The summed E-state index contributed by atoms with van der Waals surface area (Å²) in [5.74, 6) is -1.19. The molecular weight excluding hydrogens is 346 g/mol. The van der Waals surface area contributed by atoms with E-state index in [9.17, 15) is 14.7 Å². The molecule has 4 nitrogen and oxygen atoms in total. The van der Waals surface area contributed by atoms with Gasteiger partial charge in [0.2, 0.25) is 5.91 Å². The van der Waals surface area contributed by atoms with Crippen molar-refractivity contribution in [1.82, 2.24) is 0 Å². The molecule has 22 heavy (non-hydrogen) atoms. The summed E-state index contributed by atoms with van der Waals surface area (Å²) in [6.45, 7) is 1.98. The van der Waals surface area contributed by atoms with E-state index in [1.54, 1.807) is 0 Å². The quantitative estimate of drug-likeness (QED) is 0.869. The highest BCUT2D eigenvalue weighted by molar-refractivity contribution is 9.10. The smallest absolute Gasteiger partial charge is 0.224 e. The van der Waals surface area contributed by atoms with E-state index in [0.29, 0.717) is 0 Å². The van der Waals surface area contributed by atoms with Gasteiger partial charge in [-0.2, -0.15) is 0 Å². The molecule has 0 unspecified atom stereocenters. The zero-order valence-electron chi connectivity index (χ0n) is 12.8. The third kappa shape index (κ3) is 4.57. The van der Waals surface area contributed by atoms with E-state index >= 15 is 0 Å². The predicted molar refractivity (Wildman–Crippen MR) is 87.3 cm³/mol. The fourth-order valence-electron chi connectivity index (χ4n) is 3.24. The minimum Gasteiger partial charge on any atom is -0.550 e. The Morgan fingerprint density at radius 3 is 2.50 bits per heavy atom. The summed E-state index contributed by atoms with van der Waals surface area (Å²) >= 11 is 3.44. The number of hydrogen-bond donors (Lipinski definition) is 1. The molecular formula is C17H21BrNO3-. The highest BCUT2D eigenvalue weighted by atomic mass is 79.9. The predicted octanol–water partition coefficient (Wildman–Crippen LogP) is 3.18. The van der Waals surface area contributed by atoms with Gasteiger partial charge in [0.05, 0.1) is 0 Å². The van der Waals surface area contributed by atoms with Crippen LogP contribution in [0.5, 0.6) is 0 Å². The van der Waals surface area contributed by atoms with Gasteiger partial charge in [0.1, 0.15) is 0 Å². The maximum atomic E-state index is 12.3. The maximum absolute atomic E-state index is 12.3. The Labute approximate surface area is 139 Å². The van der Waals surface area contributed by atoms with Crippen LogP contribution in [0.2, 0.25) is 0 Å². The van der Waals surface area contributed by atoms with E-state index in [4.69, 9.17) is 0 Å². The largest absolute Gasteiger partial charge is 0.550 e. The van der Waals surface area contributed by atoms with Gasteiger partial charge in [0, 0.05) is 22.6 Å². The van der Waals surface area contributed by atoms with Crippen LogP contribution in [-0.2, 0) is 9.59 Å². The van der Waals surface area contributed by atoms with Gasteiger partial charge in [-0.3, -0.25) is 4.79 Å². The first-order valence-electron chi connectivity index (χ1n) is 7.66. The van der Waals surface area contributed by atoms with Gasteiger partial charge in [0.15, 0.2) is 0 Å². The average molecular weight is 367 g/mol. The van der Waals surface area contributed by atoms with Crippen LogP contribution in [0, 0.1) is 12.3 Å². The van der Waals surface area contributed by atoms with Gasteiger partial charge in [-0.05, 0) is 49.3 Å². The lowest BCUT2D eigenvalue weighted by molar-refractivity contribution is -0.308. The Bertz CT molecular complexity index is 565. The number of carbonyl (C=O) groups is 2. The van der Waals surface area contributed by atoms with E-state index in [0.717, 1.165) is 47.8 Å². The van der Waals surface area contributed by atoms with Crippen molar-refractivity contribution in [3.63, 3.8) is 0 Å². The number of carbonyl (C=O) groups excluding carboxylic acids is 2. The van der Waals surface area contributed by atoms with Crippen molar-refractivity contribution in [2.75, 3.05) is 5.32 Å². The monoisotopic (exact) mass is 366 g/mol. The molecule has 1 N–H and O–H groups in total. The molecule has 0 saturated heterocycles. The third-order valence-electron chi connectivity index (χ3n) is 4.42. The third-order valence-corrected chi connectivity index (χ3v) is 5.28. The highest BCUT2D eigenvalue weighted by Crippen LogP contribution is 2.42. The lowest BCUT2D eigenvalue weighted by Crippen LogP contribution is -2.36. The fraction of sp³-hybridized carbons (Fsp3) is 0.529. The molecule has 0 heterocycles. The first-order chi connectivity index (χ1) is 10.4. The molecule has 1 fully saturated rings. The van der Waals surface area contributed by atoms with Crippen molar-refractivity contribution in [3.8, 4) is 0 Å². The van der Waals surface area contributed by atoms with Crippen LogP contribution in [0.15, 0.2) is 22.7 Å². The second kappa shape index (κ2) is 7.27. The molecule has 1 aromatic rings. The Hall–Kier alpha value is -1.36. The second-order valence-corrected chi connectivity index (χ2v) is 7.15. The summed E-state index contributed by atoms with van der Waals surface area (Å²) in [6.07, 6.45) is 4.86. The summed E-state index contributed by atoms with van der Waals surface area (Å²) in [7, 11) is 0. The van der Waals surface area contributed by atoms with Crippen LogP contribution in [-0.4, -0.2) is 11.9 Å². The SMILES string of the molecule is Cc1ccc(NC(=O)CC2(CC(=O)[O-])CCCCC2)cc1Br. The van der Waals surface area contributed by atoms with Gasteiger partial charge in [0.25, 0.3) is 0 Å². The molecule has 1 aliphatic rings. The molecule has 0 spiro atoms. The number of rotatable bonds is 5. The first kappa shape index (κ1) is 17.0. The molecule has 0 radical (unpaired) electrons. The second-order valence-electron chi connectivity index (χ2n) is 6.30. The van der Waals surface area contributed by atoms with Gasteiger partial charge >= 0.3 is 0 Å². The minimum absolute atomic E-state index is 0.0297. The van der Waals surface area contributed by atoms with Crippen molar-refractivity contribution < 1.29 is 14.7 Å². The first-order valence-corrected chi connectivity index (χ1v) is 8.45. The van der Waals surface area contributed by atoms with Crippen molar-refractivity contribution in [3.05, 3.63) is 28.2 Å². The minimum atomic E-state index is -1.06. The van der Waals surface area contributed by atoms with Gasteiger partial charge in [-0.15, -0.1) is 0 Å². The summed E-state index contributed by atoms with van der Waals surface area (Å²) in [5.41, 5.74) is 1.38. The fourth-order valence-corrected chi connectivity index (χ4v) is 3.62. The number of amides is 1. The Kier molecular flexibility index (Phi) is 5.62. The number of halogens is 1. The molecule has 1 aliphatic carbocycles. The highest BCUT2D eigenvalue weighted by Gasteiger charge is 2.34. The average Bonchev–Trinajstić information content (AvgIpc) is 2.42. The van der Waals surface area contributed by atoms with Crippen LogP contribution in [0.4, 0.5) is 5.69 Å². The number of anilines is 1. The van der Waals surface area contributed by atoms with Crippen molar-refractivity contribution in [2.45, 2.75) is 51.9 Å². The summed E-state index contributed by atoms with van der Waals surface area (Å²) in [4.78, 5) is 23.4. The summed E-state index contributed by atoms with van der Waals surface area (Å²) in [6, 6.07) is 5.64. The number of aliphatic carboxylic acids is 1. The van der Waals surface area contributed by atoms with Crippen LogP contribution in [0.3, 0.4) is 0 Å². The molecule has 0 bridgehead atoms. The van der Waals surface area contributed by atoms with Crippen molar-refractivity contribution in [1.29, 1.82) is 0 Å². The number of aryl methyl sites for hydroxylation is 1. The topological polar surface area (TPSA) is 69.2 Å². The van der Waals surface area contributed by atoms with Crippen molar-refractivity contribution >= 4 is 33.5 Å². The van der Waals surface area contributed by atoms with E-state index in [1.807, 2.05) is 25.1 Å². The number of nitrogens with one attached hydrogen (secondary N) is 1. The molecule has 1 saturated carbocycles. The Balaban J connectivity index is 2.04. The zero-order chi connectivity index (χ0) is 16.2. The lowest BCUT2D eigenvalue weighted by atomic mass is 9.69. The maximum Gasteiger partial charge on any atom is 0.224 e. The van der Waals surface area contributed by atoms with Crippen LogP contribution < -0.4 is 10.4 Å². The summed E-state index contributed by atoms with van der Waals surface area (Å²) in [5, 5.41) is 13.9. The molecule has 2 rings (SSSR count). The number of benzene rings is 1.